The van der Waals surface area contributed by atoms with Crippen LogP contribution in [0.2, 0.25) is 0 Å². The highest BCUT2D eigenvalue weighted by Crippen LogP contribution is 2.16. The van der Waals surface area contributed by atoms with E-state index in [-0.39, 0.29) is 0 Å². The van der Waals surface area contributed by atoms with Crippen LogP contribution >= 0.6 is 0 Å². The number of imidazole rings is 2. The fraction of sp³-hybridized carbons (Fsp3) is 0. The average Bonchev–Trinajstić information content (AvgIpc) is 3.01. The first kappa shape index (κ1) is 9.41. The predicted molar refractivity (Wildman–Crippen MR) is 69.1 cm³/mol. The van der Waals surface area contributed by atoms with Crippen molar-refractivity contribution in [1.82, 2.24) is 19.3 Å². The summed E-state index contributed by atoms with van der Waals surface area (Å²) in [5.41, 5.74) is 3.94. The lowest BCUT2D eigenvalue weighted by Crippen LogP contribution is -2.05. The maximum Gasteiger partial charge on any atom is 0.199 e. The number of hydrogen-bond acceptors (Lipinski definition) is 2. The maximum absolute atomic E-state index is 4.38. The molecule has 0 spiro atoms. The largest absolute Gasteiger partial charge is 0.235 e. The summed E-state index contributed by atoms with van der Waals surface area (Å²) in [4.78, 5) is 8.65. The van der Waals surface area contributed by atoms with E-state index in [4.69, 9.17) is 0 Å². The van der Waals surface area contributed by atoms with E-state index in [2.05, 4.69) is 16.3 Å². The van der Waals surface area contributed by atoms with Crippen LogP contribution in [0.4, 0.5) is 0 Å². The lowest BCUT2D eigenvalue weighted by Gasteiger charge is -2.05. The van der Waals surface area contributed by atoms with Crippen molar-refractivity contribution in [2.24, 2.45) is 0 Å². The van der Waals surface area contributed by atoms with E-state index in [0.29, 0.717) is 0 Å². The van der Waals surface area contributed by atoms with Crippen LogP contribution in [0.15, 0.2) is 54.9 Å². The second kappa shape index (κ2) is 3.43. The minimum absolute atomic E-state index is 0.926. The van der Waals surface area contributed by atoms with Gasteiger partial charge in [-0.25, -0.2) is 19.3 Å². The minimum Gasteiger partial charge on any atom is -0.235 e. The first-order chi connectivity index (χ1) is 8.93. The van der Waals surface area contributed by atoms with Crippen molar-refractivity contribution in [1.29, 1.82) is 0 Å². The summed E-state index contributed by atoms with van der Waals surface area (Å²) in [7, 11) is 0. The smallest absolute Gasteiger partial charge is 0.199 e. The highest BCUT2D eigenvalue weighted by atomic mass is 15.5. The third-order valence-corrected chi connectivity index (χ3v) is 3.03. The zero-order chi connectivity index (χ0) is 11.9. The number of nitrogens with zero attached hydrogens (tertiary/aromatic N) is 4. The van der Waals surface area contributed by atoms with Crippen molar-refractivity contribution in [3.63, 3.8) is 0 Å². The third-order valence-electron chi connectivity index (χ3n) is 3.03. The van der Waals surface area contributed by atoms with Crippen molar-refractivity contribution in [2.45, 2.75) is 0 Å². The zero-order valence-electron chi connectivity index (χ0n) is 9.49. The Hall–Kier alpha value is -2.62. The van der Waals surface area contributed by atoms with Crippen LogP contribution in [0.25, 0.3) is 22.1 Å². The molecule has 85 valence electrons. The van der Waals surface area contributed by atoms with Gasteiger partial charge in [0.2, 0.25) is 0 Å². The molecule has 2 heterocycles. The summed E-state index contributed by atoms with van der Waals surface area (Å²) in [6.45, 7) is 0. The summed E-state index contributed by atoms with van der Waals surface area (Å²) >= 11 is 0. The van der Waals surface area contributed by atoms with E-state index in [1.165, 1.54) is 0 Å². The van der Waals surface area contributed by atoms with Gasteiger partial charge in [0.05, 0.1) is 22.1 Å². The summed E-state index contributed by atoms with van der Waals surface area (Å²) in [6.07, 6.45) is 4.78. The Kier molecular flexibility index (Phi) is 1.80. The van der Waals surface area contributed by atoms with Crippen molar-refractivity contribution >= 4 is 22.1 Å². The highest BCUT2D eigenvalue weighted by Gasteiger charge is 2.07. The van der Waals surface area contributed by atoms with E-state index < -0.39 is 0 Å². The number of para-hydroxylation sites is 4. The molecule has 0 aliphatic carbocycles. The topological polar surface area (TPSA) is 35.6 Å². The summed E-state index contributed by atoms with van der Waals surface area (Å²) in [5, 5.41) is 0. The Morgan fingerprint density at radius 3 is 2.44 bits per heavy atom. The van der Waals surface area contributed by atoms with Gasteiger partial charge >= 0.3 is 0 Å². The van der Waals surface area contributed by atoms with E-state index >= 15 is 0 Å². The fourth-order valence-corrected chi connectivity index (χ4v) is 2.16. The quantitative estimate of drug-likeness (QED) is 0.506. The predicted octanol–water partition coefficient (Wildman–Crippen LogP) is 2.50. The fourth-order valence-electron chi connectivity index (χ4n) is 2.16. The van der Waals surface area contributed by atoms with Gasteiger partial charge in [-0.05, 0) is 24.3 Å². The molecule has 0 unspecified atom stereocenters. The van der Waals surface area contributed by atoms with E-state index in [1.807, 2.05) is 57.9 Å². The second-order valence-corrected chi connectivity index (χ2v) is 4.09. The molecule has 2 aromatic heterocycles. The number of hydrogen-bond donors (Lipinski definition) is 0. The van der Waals surface area contributed by atoms with Gasteiger partial charge in [0, 0.05) is 0 Å². The first-order valence-corrected chi connectivity index (χ1v) is 5.71. The molecule has 2 aromatic carbocycles. The molecule has 18 heavy (non-hydrogen) atoms. The molecule has 0 saturated carbocycles. The normalized spacial score (nSPS) is 11.3. The lowest BCUT2D eigenvalue weighted by atomic mass is 10.3. The van der Waals surface area contributed by atoms with Crippen molar-refractivity contribution in [2.75, 3.05) is 0 Å². The van der Waals surface area contributed by atoms with Gasteiger partial charge in [-0.2, -0.15) is 0 Å². The molecule has 4 aromatic rings. The molecule has 0 aliphatic rings. The van der Waals surface area contributed by atoms with Gasteiger partial charge in [0.15, 0.2) is 6.33 Å². The number of rotatable bonds is 1. The monoisotopic (exact) mass is 233 g/mol. The maximum atomic E-state index is 4.38. The number of fused-ring (bicyclic) bond motifs is 2. The Labute approximate surface area is 103 Å². The van der Waals surface area contributed by atoms with E-state index in [0.717, 1.165) is 22.1 Å². The Morgan fingerprint density at radius 2 is 1.56 bits per heavy atom. The Morgan fingerprint density at radius 1 is 0.833 bits per heavy atom. The molecule has 0 aliphatic heterocycles. The van der Waals surface area contributed by atoms with Gasteiger partial charge in [-0.3, -0.25) is 0 Å². The van der Waals surface area contributed by atoms with Crippen LogP contribution in [0, 0.1) is 6.33 Å². The molecule has 0 saturated heterocycles. The molecule has 0 N–H and O–H groups in total. The molecular weight excluding hydrogens is 224 g/mol. The van der Waals surface area contributed by atoms with Gasteiger partial charge in [0.25, 0.3) is 0 Å². The Balaban J connectivity index is 2.08. The highest BCUT2D eigenvalue weighted by molar-refractivity contribution is 5.78. The van der Waals surface area contributed by atoms with E-state index in [9.17, 15) is 0 Å². The van der Waals surface area contributed by atoms with Crippen molar-refractivity contribution in [3.8, 4) is 0 Å². The van der Waals surface area contributed by atoms with Gasteiger partial charge in [-0.1, -0.05) is 24.3 Å². The standard InChI is InChI=1S/C14H9N4/c1-3-7-13-11(5-1)15-9-17(13)18-10-16-12-6-2-4-8-14(12)18/h1-9H. The van der Waals surface area contributed by atoms with Crippen LogP contribution < -0.4 is 0 Å². The van der Waals surface area contributed by atoms with Crippen LogP contribution in [0.3, 0.4) is 0 Å². The number of benzene rings is 2. The third kappa shape index (κ3) is 1.20. The molecule has 4 rings (SSSR count). The van der Waals surface area contributed by atoms with Gasteiger partial charge in [-0.15, -0.1) is 0 Å². The van der Waals surface area contributed by atoms with Crippen molar-refractivity contribution in [3.05, 3.63) is 61.2 Å². The zero-order valence-corrected chi connectivity index (χ0v) is 9.49. The molecule has 4 nitrogen and oxygen atoms in total. The molecule has 0 bridgehead atoms. The molecule has 4 heteroatoms. The number of aromatic nitrogens is 4. The lowest BCUT2D eigenvalue weighted by molar-refractivity contribution is 0.696. The van der Waals surface area contributed by atoms with Crippen LogP contribution in [0.5, 0.6) is 0 Å². The molecule has 1 radical (unpaired) electrons. The van der Waals surface area contributed by atoms with Crippen LogP contribution in [-0.4, -0.2) is 19.3 Å². The van der Waals surface area contributed by atoms with Crippen molar-refractivity contribution < 1.29 is 0 Å². The second-order valence-electron chi connectivity index (χ2n) is 4.09. The summed E-state index contributed by atoms with van der Waals surface area (Å²) < 4.78 is 3.83. The minimum atomic E-state index is 0.926. The summed E-state index contributed by atoms with van der Waals surface area (Å²) in [5.74, 6) is 0. The van der Waals surface area contributed by atoms with Gasteiger partial charge in [0.1, 0.15) is 6.33 Å². The SMILES string of the molecule is [c]1nc2ccccc2n1-n1cnc2ccccc21. The average molecular weight is 233 g/mol. The van der Waals surface area contributed by atoms with Gasteiger partial charge < -0.3 is 0 Å². The molecule has 0 fully saturated rings. The first-order valence-electron chi connectivity index (χ1n) is 5.71. The van der Waals surface area contributed by atoms with Crippen LogP contribution in [-0.2, 0) is 0 Å². The molecule has 0 atom stereocenters. The van der Waals surface area contributed by atoms with Crippen LogP contribution in [0.1, 0.15) is 0 Å². The molecular formula is C14H9N4. The Bertz CT molecular complexity index is 769. The summed E-state index contributed by atoms with van der Waals surface area (Å²) in [6, 6.07) is 16.0. The van der Waals surface area contributed by atoms with E-state index in [1.54, 1.807) is 6.33 Å². The molecule has 0 amide bonds.